The Hall–Kier alpha value is -2.97. The first-order chi connectivity index (χ1) is 19.2. The van der Waals surface area contributed by atoms with Crippen LogP contribution in [0.25, 0.3) is 0 Å². The molecule has 7 nitrogen and oxygen atoms in total. The molecule has 0 saturated carbocycles. The van der Waals surface area contributed by atoms with Crippen molar-refractivity contribution in [1.82, 2.24) is 14.7 Å². The number of hydrogen-bond acceptors (Lipinski definition) is 4. The Kier molecular flexibility index (Phi) is 8.76. The number of likely N-dealkylation sites (tertiary alicyclic amines) is 3. The molecule has 3 saturated heterocycles. The Balaban J connectivity index is 1.16. The van der Waals surface area contributed by atoms with E-state index in [2.05, 4.69) is 4.90 Å². The number of aryl methyl sites for hydroxylation is 1. The van der Waals surface area contributed by atoms with E-state index in [-0.39, 0.29) is 29.2 Å². The summed E-state index contributed by atoms with van der Waals surface area (Å²) in [5.74, 6) is 0.127. The van der Waals surface area contributed by atoms with Gasteiger partial charge in [0.05, 0.1) is 5.56 Å². The van der Waals surface area contributed by atoms with E-state index in [1.807, 2.05) is 34.9 Å². The van der Waals surface area contributed by atoms with Crippen LogP contribution in [-0.2, 0) is 9.59 Å². The molecule has 0 aliphatic carbocycles. The van der Waals surface area contributed by atoms with Crippen molar-refractivity contribution in [2.75, 3.05) is 57.3 Å². The van der Waals surface area contributed by atoms with Crippen molar-refractivity contribution in [2.45, 2.75) is 33.1 Å². The number of rotatable bonds is 7. The zero-order chi connectivity index (χ0) is 28.4. The third-order valence-corrected chi connectivity index (χ3v) is 9.24. The zero-order valence-electron chi connectivity index (χ0n) is 23.3. The van der Waals surface area contributed by atoms with Gasteiger partial charge < -0.3 is 19.6 Å². The minimum Gasteiger partial charge on any atom is -0.343 e. The van der Waals surface area contributed by atoms with Crippen molar-refractivity contribution >= 4 is 35.0 Å². The van der Waals surface area contributed by atoms with Crippen LogP contribution in [0.15, 0.2) is 42.5 Å². The highest BCUT2D eigenvalue weighted by Crippen LogP contribution is 2.33. The van der Waals surface area contributed by atoms with Crippen molar-refractivity contribution in [1.29, 1.82) is 0 Å². The second-order valence-corrected chi connectivity index (χ2v) is 11.9. The van der Waals surface area contributed by atoms with Gasteiger partial charge in [-0.3, -0.25) is 14.4 Å². The smallest absolute Gasteiger partial charge is 0.256 e. The molecule has 0 aromatic heterocycles. The first-order valence-corrected chi connectivity index (χ1v) is 14.7. The van der Waals surface area contributed by atoms with Gasteiger partial charge in [-0.25, -0.2) is 4.39 Å². The highest BCUT2D eigenvalue weighted by Gasteiger charge is 2.42. The predicted molar refractivity (Wildman–Crippen MR) is 154 cm³/mol. The molecule has 2 unspecified atom stereocenters. The zero-order valence-corrected chi connectivity index (χ0v) is 24.1. The first kappa shape index (κ1) is 28.6. The van der Waals surface area contributed by atoms with Crippen LogP contribution in [-0.4, -0.2) is 84.8 Å². The number of halogens is 2. The molecule has 2 aromatic rings. The fourth-order valence-electron chi connectivity index (χ4n) is 6.47. The molecular formula is C31H38ClFN4O3. The summed E-state index contributed by atoms with van der Waals surface area (Å²) in [7, 11) is 0. The minimum absolute atomic E-state index is 0.0585. The number of amides is 3. The molecule has 2 aromatic carbocycles. The van der Waals surface area contributed by atoms with E-state index >= 15 is 0 Å². The molecule has 0 radical (unpaired) electrons. The molecule has 3 aliphatic heterocycles. The van der Waals surface area contributed by atoms with Crippen molar-refractivity contribution in [3.63, 3.8) is 0 Å². The summed E-state index contributed by atoms with van der Waals surface area (Å²) in [5, 5.41) is 0.642. The quantitative estimate of drug-likeness (QED) is 0.494. The fourth-order valence-corrected chi connectivity index (χ4v) is 6.65. The monoisotopic (exact) mass is 568 g/mol. The molecule has 5 rings (SSSR count). The van der Waals surface area contributed by atoms with Gasteiger partial charge in [-0.2, -0.15) is 0 Å². The van der Waals surface area contributed by atoms with E-state index in [1.54, 1.807) is 30.0 Å². The second kappa shape index (κ2) is 12.3. The highest BCUT2D eigenvalue weighted by molar-refractivity contribution is 6.31. The van der Waals surface area contributed by atoms with E-state index < -0.39 is 5.82 Å². The Labute approximate surface area is 240 Å². The van der Waals surface area contributed by atoms with Gasteiger partial charge in [0, 0.05) is 69.4 Å². The predicted octanol–water partition coefficient (Wildman–Crippen LogP) is 4.47. The maximum Gasteiger partial charge on any atom is 0.256 e. The third-order valence-electron chi connectivity index (χ3n) is 8.83. The molecule has 2 atom stereocenters. The van der Waals surface area contributed by atoms with Gasteiger partial charge in [0.1, 0.15) is 5.82 Å². The average Bonchev–Trinajstić information content (AvgIpc) is 3.51. The lowest BCUT2D eigenvalue weighted by Gasteiger charge is -2.34. The van der Waals surface area contributed by atoms with E-state index in [0.717, 1.165) is 37.3 Å². The van der Waals surface area contributed by atoms with Crippen LogP contribution in [0.3, 0.4) is 0 Å². The molecule has 0 spiro atoms. The maximum absolute atomic E-state index is 14.1. The number of carbonyl (C=O) groups excluding carboxylic acids is 3. The van der Waals surface area contributed by atoms with Crippen LogP contribution in [0.2, 0.25) is 5.02 Å². The lowest BCUT2D eigenvalue weighted by atomic mass is 9.94. The summed E-state index contributed by atoms with van der Waals surface area (Å²) in [4.78, 5) is 46.2. The Bertz CT molecular complexity index is 1250. The summed E-state index contributed by atoms with van der Waals surface area (Å²) in [6.45, 7) is 9.31. The topological polar surface area (TPSA) is 64.2 Å². The molecule has 0 bridgehead atoms. The molecule has 9 heteroatoms. The number of piperidine rings is 1. The van der Waals surface area contributed by atoms with Gasteiger partial charge in [0.2, 0.25) is 11.8 Å². The molecule has 3 aliphatic rings. The van der Waals surface area contributed by atoms with Crippen LogP contribution in [0.5, 0.6) is 0 Å². The normalized spacial score (nSPS) is 21.5. The largest absolute Gasteiger partial charge is 0.343 e. The van der Waals surface area contributed by atoms with Gasteiger partial charge in [-0.15, -0.1) is 0 Å². The van der Waals surface area contributed by atoms with Crippen LogP contribution in [0, 0.1) is 30.5 Å². The van der Waals surface area contributed by atoms with Crippen LogP contribution in [0.4, 0.5) is 10.1 Å². The van der Waals surface area contributed by atoms with E-state index in [4.69, 9.17) is 11.6 Å². The molecule has 0 N–H and O–H groups in total. The van der Waals surface area contributed by atoms with Crippen molar-refractivity contribution in [2.24, 2.45) is 17.8 Å². The van der Waals surface area contributed by atoms with Crippen LogP contribution >= 0.6 is 11.6 Å². The Morgan fingerprint density at radius 2 is 1.65 bits per heavy atom. The van der Waals surface area contributed by atoms with E-state index in [1.165, 1.54) is 6.07 Å². The number of anilines is 1. The SMILES string of the molecule is CC(=O)N1CCC(C(=O)N(CCCN2CC3CN(C(=O)c4ccccc4F)CC3C2)c2ccc(C)c(Cl)c2)CC1. The summed E-state index contributed by atoms with van der Waals surface area (Å²) >= 11 is 6.44. The number of nitrogens with zero attached hydrogens (tertiary/aromatic N) is 4. The van der Waals surface area contributed by atoms with Gasteiger partial charge in [-0.1, -0.05) is 29.8 Å². The van der Waals surface area contributed by atoms with Gasteiger partial charge >= 0.3 is 0 Å². The number of fused-ring (bicyclic) bond motifs is 1. The standard InChI is InChI=1S/C31H38ClFN4O3/c1-21-8-9-26(16-28(21)32)37(30(39)23-10-14-35(15-11-23)22(2)38)13-5-12-34-17-24-19-36(20-25(24)18-34)31(40)27-6-3-4-7-29(27)33/h3-4,6-9,16,23-25H,5,10-15,17-20H2,1-2H3. The molecule has 3 amide bonds. The van der Waals surface area contributed by atoms with Crippen LogP contribution in [0.1, 0.15) is 42.1 Å². The Morgan fingerprint density at radius 3 is 2.27 bits per heavy atom. The second-order valence-electron chi connectivity index (χ2n) is 11.5. The summed E-state index contributed by atoms with van der Waals surface area (Å²) < 4.78 is 14.1. The van der Waals surface area contributed by atoms with Crippen molar-refractivity contribution < 1.29 is 18.8 Å². The highest BCUT2D eigenvalue weighted by atomic mass is 35.5. The fraction of sp³-hybridized carbons (Fsp3) is 0.516. The minimum atomic E-state index is -0.468. The lowest BCUT2D eigenvalue weighted by Crippen LogP contribution is -2.44. The summed E-state index contributed by atoms with van der Waals surface area (Å²) in [5.41, 5.74) is 1.93. The Morgan fingerprint density at radius 1 is 0.975 bits per heavy atom. The average molecular weight is 569 g/mol. The van der Waals surface area contributed by atoms with E-state index in [0.29, 0.717) is 62.4 Å². The van der Waals surface area contributed by atoms with Crippen molar-refractivity contribution in [3.05, 3.63) is 64.4 Å². The van der Waals surface area contributed by atoms with Gasteiger partial charge in [-0.05, 0) is 74.4 Å². The van der Waals surface area contributed by atoms with Gasteiger partial charge in [0.15, 0.2) is 0 Å². The molecule has 214 valence electrons. The molecule has 3 fully saturated rings. The third kappa shape index (κ3) is 6.18. The lowest BCUT2D eigenvalue weighted by molar-refractivity contribution is -0.133. The molecule has 40 heavy (non-hydrogen) atoms. The van der Waals surface area contributed by atoms with E-state index in [9.17, 15) is 18.8 Å². The number of carbonyl (C=O) groups is 3. The van der Waals surface area contributed by atoms with Gasteiger partial charge in [0.25, 0.3) is 5.91 Å². The molecule has 3 heterocycles. The van der Waals surface area contributed by atoms with Crippen LogP contribution < -0.4 is 4.90 Å². The van der Waals surface area contributed by atoms with Crippen molar-refractivity contribution in [3.8, 4) is 0 Å². The maximum atomic E-state index is 14.1. The number of benzene rings is 2. The number of hydrogen-bond donors (Lipinski definition) is 0. The summed E-state index contributed by atoms with van der Waals surface area (Å²) in [6, 6.07) is 12.0. The molecular weight excluding hydrogens is 531 g/mol. The summed E-state index contributed by atoms with van der Waals surface area (Å²) in [6.07, 6.45) is 2.17. The first-order valence-electron chi connectivity index (χ1n) is 14.3.